The highest BCUT2D eigenvalue weighted by atomic mass is 19.2. The lowest BCUT2D eigenvalue weighted by Gasteiger charge is -2.43. The van der Waals surface area contributed by atoms with Crippen LogP contribution in [-0.2, 0) is 19.0 Å². The topological polar surface area (TPSA) is 141 Å². The Balaban J connectivity index is 1.28. The summed E-state index contributed by atoms with van der Waals surface area (Å²) in [6.07, 6.45) is -0.931. The first-order valence-electron chi connectivity index (χ1n) is 14.1. The van der Waals surface area contributed by atoms with E-state index in [4.69, 9.17) is 19.0 Å². The molecular formula is C28H36F3N5O7. The number of carbonyl (C=O) groups is 1. The van der Waals surface area contributed by atoms with Crippen molar-refractivity contribution in [1.29, 1.82) is 0 Å². The van der Waals surface area contributed by atoms with Gasteiger partial charge in [-0.3, -0.25) is 0 Å². The van der Waals surface area contributed by atoms with E-state index < -0.39 is 65.7 Å². The number of carbonyl (C=O) groups excluding carboxylic acids is 1. The van der Waals surface area contributed by atoms with Crippen LogP contribution in [0.25, 0.3) is 11.3 Å². The first kappa shape index (κ1) is 31.2. The maximum Gasteiger partial charge on any atom is 0.410 e. The van der Waals surface area contributed by atoms with E-state index in [1.165, 1.54) is 18.0 Å². The van der Waals surface area contributed by atoms with Crippen LogP contribution in [0.15, 0.2) is 23.5 Å². The molecule has 0 aliphatic carbocycles. The summed E-state index contributed by atoms with van der Waals surface area (Å²) in [6.45, 7) is 5.85. The number of halogens is 3. The van der Waals surface area contributed by atoms with Gasteiger partial charge in [0.05, 0.1) is 24.6 Å². The van der Waals surface area contributed by atoms with Crippen LogP contribution in [0.5, 0.6) is 0 Å². The number of piperidine rings is 1. The molecular weight excluding hydrogens is 575 g/mol. The van der Waals surface area contributed by atoms with Gasteiger partial charge >= 0.3 is 6.09 Å². The molecule has 43 heavy (non-hydrogen) atoms. The Morgan fingerprint density at radius 3 is 2.44 bits per heavy atom. The van der Waals surface area contributed by atoms with Gasteiger partial charge in [0, 0.05) is 51.4 Å². The molecule has 2 aromatic rings. The van der Waals surface area contributed by atoms with E-state index in [-0.39, 0.29) is 23.8 Å². The average molecular weight is 612 g/mol. The Morgan fingerprint density at radius 2 is 1.84 bits per heavy atom. The molecule has 2 fully saturated rings. The second-order valence-electron chi connectivity index (χ2n) is 12.2. The van der Waals surface area contributed by atoms with Gasteiger partial charge in [-0.2, -0.15) is 0 Å². The van der Waals surface area contributed by atoms with Crippen molar-refractivity contribution >= 4 is 11.8 Å². The van der Waals surface area contributed by atoms with Gasteiger partial charge in [-0.05, 0) is 32.9 Å². The number of rotatable bonds is 6. The number of ether oxygens (including phenoxy) is 3. The van der Waals surface area contributed by atoms with Gasteiger partial charge < -0.3 is 34.2 Å². The van der Waals surface area contributed by atoms with Crippen LogP contribution in [-0.4, -0.2) is 104 Å². The number of aliphatic hydroxyl groups excluding tert-OH is 2. The number of benzene rings is 1. The monoisotopic (exact) mass is 611 g/mol. The fraction of sp³-hybridized carbons (Fsp3) is 0.643. The summed E-state index contributed by atoms with van der Waals surface area (Å²) in [5.74, 6) is -4.35. The molecule has 1 amide bonds. The van der Waals surface area contributed by atoms with Crippen LogP contribution >= 0.6 is 0 Å². The van der Waals surface area contributed by atoms with Crippen molar-refractivity contribution in [3.05, 3.63) is 35.8 Å². The second kappa shape index (κ2) is 12.0. The zero-order chi connectivity index (χ0) is 31.1. The van der Waals surface area contributed by atoms with Crippen molar-refractivity contribution in [2.45, 2.75) is 88.1 Å². The lowest BCUT2D eigenvalue weighted by Crippen LogP contribution is -2.57. The van der Waals surface area contributed by atoms with E-state index in [1.54, 1.807) is 4.90 Å². The number of aliphatic hydroxyl groups is 2. The Hall–Kier alpha value is -3.27. The van der Waals surface area contributed by atoms with Crippen LogP contribution in [0.4, 0.5) is 18.0 Å². The summed E-state index contributed by atoms with van der Waals surface area (Å²) in [6, 6.07) is 0.685. The molecule has 3 aliphatic rings. The third-order valence-electron chi connectivity index (χ3n) is 7.99. The molecule has 2 N–H and O–H groups in total. The normalized spacial score (nSPS) is 27.2. The van der Waals surface area contributed by atoms with Gasteiger partial charge in [-0.1, -0.05) is 10.4 Å². The maximum absolute atomic E-state index is 13.8. The van der Waals surface area contributed by atoms with Gasteiger partial charge in [-0.25, -0.2) is 22.6 Å². The minimum atomic E-state index is -1.60. The summed E-state index contributed by atoms with van der Waals surface area (Å²) in [7, 11) is 1.43. The van der Waals surface area contributed by atoms with Gasteiger partial charge in [-0.15, -0.1) is 5.10 Å². The maximum atomic E-state index is 13.8. The zero-order valence-electron chi connectivity index (χ0n) is 24.4. The van der Waals surface area contributed by atoms with E-state index in [0.29, 0.717) is 38.1 Å². The van der Waals surface area contributed by atoms with Crippen molar-refractivity contribution in [2.75, 3.05) is 26.8 Å². The van der Waals surface area contributed by atoms with E-state index in [2.05, 4.69) is 15.5 Å². The fourth-order valence-electron chi connectivity index (χ4n) is 5.82. The molecule has 236 valence electrons. The summed E-state index contributed by atoms with van der Waals surface area (Å²) in [5.41, 5.74) is -0.472. The SMILES string of the molecule is CO[C@@H]1[C@@H](n2cc(-c3cc(F)c(F)c(F)c3)nn2)[C@@H](O)[C@@H](CO)O[C@@H]1CC1=NOC2(CCN(C(=O)OC(C)(C)C)CC2)C1. The first-order chi connectivity index (χ1) is 20.3. The Morgan fingerprint density at radius 1 is 1.16 bits per heavy atom. The van der Waals surface area contributed by atoms with Crippen LogP contribution in [0.3, 0.4) is 0 Å². The minimum absolute atomic E-state index is 0.0386. The molecule has 5 atom stereocenters. The summed E-state index contributed by atoms with van der Waals surface area (Å²) >= 11 is 0. The number of aromatic nitrogens is 3. The van der Waals surface area contributed by atoms with Crippen molar-refractivity contribution < 1.29 is 47.2 Å². The van der Waals surface area contributed by atoms with Crippen LogP contribution in [0.1, 0.15) is 52.5 Å². The van der Waals surface area contributed by atoms with Crippen molar-refractivity contribution in [2.24, 2.45) is 5.16 Å². The van der Waals surface area contributed by atoms with Crippen LogP contribution in [0.2, 0.25) is 0 Å². The van der Waals surface area contributed by atoms with E-state index in [1.807, 2.05) is 20.8 Å². The fourth-order valence-corrected chi connectivity index (χ4v) is 5.82. The average Bonchev–Trinajstić information content (AvgIpc) is 3.59. The molecule has 2 saturated heterocycles. The van der Waals surface area contributed by atoms with Crippen molar-refractivity contribution in [3.8, 4) is 11.3 Å². The highest BCUT2D eigenvalue weighted by Crippen LogP contribution is 2.39. The van der Waals surface area contributed by atoms with Crippen molar-refractivity contribution in [3.63, 3.8) is 0 Å². The van der Waals surface area contributed by atoms with Gasteiger partial charge in [0.2, 0.25) is 0 Å². The molecule has 15 heteroatoms. The standard InChI is InChI=1S/C28H36F3N5O7/c1-27(2,3)42-26(39)35-7-5-28(6-8-35)12-16(33-43-28)11-20-25(40-4)23(24(38)21(14-37)41-20)36-13-19(32-34-36)15-9-17(29)22(31)18(30)10-15/h9-10,13,20-21,23-25,37-38H,5-8,11-12,14H2,1-4H3/t20-,21-,23+,24+,25+/m1/s1. The summed E-state index contributed by atoms with van der Waals surface area (Å²) < 4.78 is 59.7. The number of methoxy groups -OCH3 is 1. The first-order valence-corrected chi connectivity index (χ1v) is 14.1. The second-order valence-corrected chi connectivity index (χ2v) is 12.2. The number of hydrogen-bond acceptors (Lipinski definition) is 10. The Bertz CT molecular complexity index is 1340. The number of amides is 1. The molecule has 1 spiro atoms. The molecule has 1 aromatic heterocycles. The highest BCUT2D eigenvalue weighted by molar-refractivity contribution is 5.86. The molecule has 12 nitrogen and oxygen atoms in total. The quantitative estimate of drug-likeness (QED) is 0.472. The number of likely N-dealkylation sites (tertiary alicyclic amines) is 1. The molecule has 1 aromatic carbocycles. The molecule has 0 radical (unpaired) electrons. The smallest absolute Gasteiger partial charge is 0.410 e. The molecule has 3 aliphatic heterocycles. The molecule has 5 rings (SSSR count). The molecule has 4 heterocycles. The largest absolute Gasteiger partial charge is 0.444 e. The van der Waals surface area contributed by atoms with E-state index in [0.717, 1.165) is 12.1 Å². The highest BCUT2D eigenvalue weighted by Gasteiger charge is 2.49. The van der Waals surface area contributed by atoms with E-state index >= 15 is 0 Å². The van der Waals surface area contributed by atoms with Crippen molar-refractivity contribution in [1.82, 2.24) is 19.9 Å². The molecule has 0 bridgehead atoms. The Kier molecular flexibility index (Phi) is 8.71. The predicted octanol–water partition coefficient (Wildman–Crippen LogP) is 2.98. The van der Waals surface area contributed by atoms with E-state index in [9.17, 15) is 28.2 Å². The lowest BCUT2D eigenvalue weighted by molar-refractivity contribution is -0.210. The van der Waals surface area contributed by atoms with Crippen LogP contribution < -0.4 is 0 Å². The zero-order valence-corrected chi connectivity index (χ0v) is 24.4. The summed E-state index contributed by atoms with van der Waals surface area (Å²) in [4.78, 5) is 20.0. The summed E-state index contributed by atoms with van der Waals surface area (Å²) in [5, 5.41) is 33.4. The molecule has 0 saturated carbocycles. The Labute approximate surface area is 246 Å². The number of hydrogen-bond donors (Lipinski definition) is 2. The van der Waals surface area contributed by atoms with Crippen LogP contribution in [0, 0.1) is 17.5 Å². The third-order valence-corrected chi connectivity index (χ3v) is 7.99. The van der Waals surface area contributed by atoms with Gasteiger partial charge in [0.1, 0.15) is 41.2 Å². The van der Waals surface area contributed by atoms with Gasteiger partial charge in [0.15, 0.2) is 17.5 Å². The number of oxime groups is 1. The third kappa shape index (κ3) is 6.49. The number of nitrogens with zero attached hydrogens (tertiary/aromatic N) is 5. The van der Waals surface area contributed by atoms with Gasteiger partial charge in [0.25, 0.3) is 0 Å². The predicted molar refractivity (Wildman–Crippen MR) is 144 cm³/mol. The lowest BCUT2D eigenvalue weighted by atomic mass is 9.84. The molecule has 0 unspecified atom stereocenters. The minimum Gasteiger partial charge on any atom is -0.444 e.